The number of piperazine rings is 1. The summed E-state index contributed by atoms with van der Waals surface area (Å²) in [5.74, 6) is 0.379. The molecule has 1 fully saturated rings. The molecule has 6 nitrogen and oxygen atoms in total. The summed E-state index contributed by atoms with van der Waals surface area (Å²) in [6.45, 7) is 0.898. The number of nitrogens with one attached hydrogen (secondary N) is 1. The second kappa shape index (κ2) is 8.63. The van der Waals surface area contributed by atoms with Crippen molar-refractivity contribution in [3.63, 3.8) is 0 Å². The Kier molecular flexibility index (Phi) is 5.53. The summed E-state index contributed by atoms with van der Waals surface area (Å²) in [6, 6.07) is 16.8. The van der Waals surface area contributed by atoms with Crippen LogP contribution in [0.1, 0.15) is 11.1 Å². The second-order valence-corrected chi connectivity index (χ2v) is 8.47. The van der Waals surface area contributed by atoms with E-state index >= 15 is 0 Å². The van der Waals surface area contributed by atoms with Crippen LogP contribution in [0.2, 0.25) is 5.02 Å². The number of carbonyl (C=O) groups is 2. The minimum absolute atomic E-state index is 0.138. The highest BCUT2D eigenvalue weighted by molar-refractivity contribution is 6.30. The number of benzene rings is 2. The van der Waals surface area contributed by atoms with Gasteiger partial charge in [0.2, 0.25) is 5.91 Å². The summed E-state index contributed by atoms with van der Waals surface area (Å²) < 4.78 is 5.89. The number of halogens is 1. The summed E-state index contributed by atoms with van der Waals surface area (Å²) in [7, 11) is 0. The van der Waals surface area contributed by atoms with Gasteiger partial charge < -0.3 is 15.0 Å². The Morgan fingerprint density at radius 1 is 1.09 bits per heavy atom. The Labute approximate surface area is 191 Å². The van der Waals surface area contributed by atoms with Gasteiger partial charge in [-0.15, -0.1) is 0 Å². The number of hydrogen-bond acceptors (Lipinski definition) is 4. The molecule has 2 atom stereocenters. The van der Waals surface area contributed by atoms with Crippen LogP contribution < -0.4 is 10.1 Å². The number of amides is 2. The number of pyridine rings is 1. The van der Waals surface area contributed by atoms with Crippen LogP contribution in [0.15, 0.2) is 67.0 Å². The normalized spacial score (nSPS) is 19.8. The van der Waals surface area contributed by atoms with E-state index < -0.39 is 12.1 Å². The van der Waals surface area contributed by atoms with Crippen molar-refractivity contribution in [3.8, 4) is 16.9 Å². The number of fused-ring (bicyclic) bond motifs is 1. The molecule has 1 N–H and O–H groups in total. The van der Waals surface area contributed by atoms with Crippen LogP contribution in [0, 0.1) is 0 Å². The molecule has 0 saturated carbocycles. The summed E-state index contributed by atoms with van der Waals surface area (Å²) >= 11 is 6.08. The number of nitrogens with zero attached hydrogens (tertiary/aromatic N) is 2. The molecule has 1 saturated heterocycles. The van der Waals surface area contributed by atoms with Crippen molar-refractivity contribution in [2.24, 2.45) is 0 Å². The molecule has 0 radical (unpaired) electrons. The minimum atomic E-state index is -0.633. The first-order chi connectivity index (χ1) is 15.6. The van der Waals surface area contributed by atoms with Gasteiger partial charge in [-0.3, -0.25) is 14.6 Å². The third-order valence-corrected chi connectivity index (χ3v) is 6.22. The van der Waals surface area contributed by atoms with Gasteiger partial charge in [0.05, 0.1) is 0 Å². The minimum Gasteiger partial charge on any atom is -0.480 e. The maximum atomic E-state index is 13.3. The molecule has 0 aliphatic carbocycles. The Morgan fingerprint density at radius 2 is 1.84 bits per heavy atom. The van der Waals surface area contributed by atoms with Crippen LogP contribution in [-0.2, 0) is 22.4 Å². The van der Waals surface area contributed by atoms with Gasteiger partial charge in [-0.2, -0.15) is 0 Å². The Hall–Kier alpha value is -3.38. The molecule has 3 heterocycles. The molecule has 0 spiro atoms. The molecule has 2 aliphatic heterocycles. The molecule has 2 amide bonds. The number of ether oxygens (including phenoxy) is 1. The zero-order valence-electron chi connectivity index (χ0n) is 17.3. The van der Waals surface area contributed by atoms with Crippen LogP contribution in [-0.4, -0.2) is 46.9 Å². The summed E-state index contributed by atoms with van der Waals surface area (Å²) in [5, 5.41) is 3.51. The quantitative estimate of drug-likeness (QED) is 0.666. The number of hydrogen-bond donors (Lipinski definition) is 1. The second-order valence-electron chi connectivity index (χ2n) is 8.04. The van der Waals surface area contributed by atoms with E-state index in [1.54, 1.807) is 29.4 Å². The van der Waals surface area contributed by atoms with Crippen molar-refractivity contribution >= 4 is 23.4 Å². The Balaban J connectivity index is 1.32. The van der Waals surface area contributed by atoms with Gasteiger partial charge in [-0.05, 0) is 52.6 Å². The molecular weight excluding hydrogens is 426 g/mol. The van der Waals surface area contributed by atoms with Crippen molar-refractivity contribution < 1.29 is 14.3 Å². The average Bonchev–Trinajstić information content (AvgIpc) is 3.24. The predicted octanol–water partition coefficient (Wildman–Crippen LogP) is 3.28. The van der Waals surface area contributed by atoms with Gasteiger partial charge in [-0.25, -0.2) is 0 Å². The number of aromatic nitrogens is 1. The zero-order chi connectivity index (χ0) is 22.1. The molecule has 5 rings (SSSR count). The largest absolute Gasteiger partial charge is 0.480 e. The fourth-order valence-corrected chi connectivity index (χ4v) is 4.52. The van der Waals surface area contributed by atoms with Crippen molar-refractivity contribution in [2.75, 3.05) is 13.1 Å². The molecule has 32 heavy (non-hydrogen) atoms. The average molecular weight is 448 g/mol. The third kappa shape index (κ3) is 4.06. The lowest BCUT2D eigenvalue weighted by Crippen LogP contribution is -2.60. The summed E-state index contributed by atoms with van der Waals surface area (Å²) in [6.07, 6.45) is 3.79. The smallest absolute Gasteiger partial charge is 0.264 e. The van der Waals surface area contributed by atoms with Gasteiger partial charge in [-0.1, -0.05) is 35.9 Å². The Morgan fingerprint density at radius 3 is 2.62 bits per heavy atom. The van der Waals surface area contributed by atoms with Crippen molar-refractivity contribution in [1.29, 1.82) is 0 Å². The lowest BCUT2D eigenvalue weighted by atomic mass is 9.98. The van der Waals surface area contributed by atoms with E-state index in [2.05, 4.69) is 10.3 Å². The zero-order valence-corrected chi connectivity index (χ0v) is 18.1. The monoisotopic (exact) mass is 447 g/mol. The maximum absolute atomic E-state index is 13.3. The van der Waals surface area contributed by atoms with Gasteiger partial charge in [0.25, 0.3) is 5.91 Å². The van der Waals surface area contributed by atoms with Gasteiger partial charge in [0.1, 0.15) is 11.8 Å². The van der Waals surface area contributed by atoms with Gasteiger partial charge >= 0.3 is 0 Å². The third-order valence-electron chi connectivity index (χ3n) is 5.98. The molecule has 2 aliphatic rings. The predicted molar refractivity (Wildman–Crippen MR) is 121 cm³/mol. The fraction of sp³-hybridized carbons (Fsp3) is 0.240. The van der Waals surface area contributed by atoms with Crippen LogP contribution in [0.3, 0.4) is 0 Å². The first-order valence-electron chi connectivity index (χ1n) is 10.6. The summed E-state index contributed by atoms with van der Waals surface area (Å²) in [5.41, 5.74) is 4.07. The van der Waals surface area contributed by atoms with E-state index in [1.807, 2.05) is 42.5 Å². The first kappa shape index (κ1) is 20.5. The van der Waals surface area contributed by atoms with Crippen molar-refractivity contribution in [2.45, 2.75) is 25.0 Å². The van der Waals surface area contributed by atoms with Crippen LogP contribution >= 0.6 is 11.6 Å². The number of rotatable bonds is 4. The van der Waals surface area contributed by atoms with E-state index in [0.29, 0.717) is 36.7 Å². The topological polar surface area (TPSA) is 71.5 Å². The molecule has 0 unspecified atom stereocenters. The van der Waals surface area contributed by atoms with Gasteiger partial charge in [0.15, 0.2) is 6.10 Å². The van der Waals surface area contributed by atoms with Crippen molar-refractivity contribution in [1.82, 2.24) is 15.2 Å². The lowest BCUT2D eigenvalue weighted by molar-refractivity contribution is -0.147. The van der Waals surface area contributed by atoms with Gasteiger partial charge in [0, 0.05) is 43.3 Å². The van der Waals surface area contributed by atoms with Crippen molar-refractivity contribution in [3.05, 3.63) is 83.1 Å². The molecule has 3 aromatic rings. The van der Waals surface area contributed by atoms with E-state index in [1.165, 1.54) is 0 Å². The maximum Gasteiger partial charge on any atom is 0.264 e. The highest BCUT2D eigenvalue weighted by Gasteiger charge is 2.39. The highest BCUT2D eigenvalue weighted by Crippen LogP contribution is 2.32. The van der Waals surface area contributed by atoms with E-state index in [0.717, 1.165) is 22.3 Å². The van der Waals surface area contributed by atoms with E-state index in [4.69, 9.17) is 16.3 Å². The molecule has 162 valence electrons. The molecular formula is C25H22ClN3O3. The fourth-order valence-electron chi connectivity index (χ4n) is 4.32. The SMILES string of the molecule is O=C1NCCN(C(=O)[C@H]2Cc3cc(Cl)ccc3O2)[C@@H]1Cc1ccc(-c2ccncc2)cc1. The molecule has 0 bridgehead atoms. The standard InChI is InChI=1S/C25H22ClN3O3/c26-20-5-6-22-19(14-20)15-23(32-22)25(31)29-12-11-28-24(30)21(29)13-16-1-3-17(4-2-16)18-7-9-27-10-8-18/h1-10,14,21,23H,11-13,15H2,(H,28,30)/t21-,23-/m1/s1. The molecule has 2 aromatic carbocycles. The number of carbonyl (C=O) groups excluding carboxylic acids is 2. The van der Waals surface area contributed by atoms with Crippen LogP contribution in [0.25, 0.3) is 11.1 Å². The van der Waals surface area contributed by atoms with Crippen LogP contribution in [0.5, 0.6) is 5.75 Å². The van der Waals surface area contributed by atoms with Crippen LogP contribution in [0.4, 0.5) is 0 Å². The summed E-state index contributed by atoms with van der Waals surface area (Å²) in [4.78, 5) is 31.7. The lowest BCUT2D eigenvalue weighted by Gasteiger charge is -2.36. The molecule has 1 aromatic heterocycles. The Bertz CT molecular complexity index is 1150. The van der Waals surface area contributed by atoms with E-state index in [9.17, 15) is 9.59 Å². The molecule has 7 heteroatoms. The highest BCUT2D eigenvalue weighted by atomic mass is 35.5. The van der Waals surface area contributed by atoms with E-state index in [-0.39, 0.29) is 11.8 Å². The first-order valence-corrected chi connectivity index (χ1v) is 11.0.